The Morgan fingerprint density at radius 1 is 1.13 bits per heavy atom. The Morgan fingerprint density at radius 2 is 1.90 bits per heavy atom. The predicted octanol–water partition coefficient (Wildman–Crippen LogP) is 5.24. The van der Waals surface area contributed by atoms with Crippen molar-refractivity contribution in [3.8, 4) is 21.8 Å². The van der Waals surface area contributed by atoms with Gasteiger partial charge in [-0.05, 0) is 18.9 Å². The van der Waals surface area contributed by atoms with E-state index in [-0.39, 0.29) is 11.6 Å². The van der Waals surface area contributed by atoms with Crippen LogP contribution in [0.2, 0.25) is 0 Å². The van der Waals surface area contributed by atoms with Crippen molar-refractivity contribution in [3.63, 3.8) is 0 Å². The Morgan fingerprint density at radius 3 is 2.52 bits per heavy atom. The molecule has 1 aliphatic rings. The van der Waals surface area contributed by atoms with Gasteiger partial charge < -0.3 is 16.5 Å². The molecule has 1 saturated carbocycles. The zero-order valence-corrected chi connectivity index (χ0v) is 17.3. The molecule has 5 rings (SSSR count). The fraction of sp³-hybridized carbons (Fsp3) is 0.286. The van der Waals surface area contributed by atoms with Crippen LogP contribution in [0.5, 0.6) is 0 Å². The Balaban J connectivity index is 0.000000334. The minimum Gasteiger partial charge on any atom is -0.368 e. The lowest BCUT2D eigenvalue weighted by Gasteiger charge is -2.11. The molecule has 6 nitrogen and oxygen atoms in total. The molecule has 0 saturated heterocycles. The molecule has 31 heavy (non-hydrogen) atoms. The summed E-state index contributed by atoms with van der Waals surface area (Å²) < 4.78 is 39.9. The van der Waals surface area contributed by atoms with E-state index >= 15 is 0 Å². The van der Waals surface area contributed by atoms with Gasteiger partial charge in [0.15, 0.2) is 0 Å². The number of nitrogens with one attached hydrogen (secondary N) is 1. The third-order valence-corrected chi connectivity index (χ3v) is 5.95. The van der Waals surface area contributed by atoms with Crippen molar-refractivity contribution in [2.24, 2.45) is 5.73 Å². The number of fused-ring (bicyclic) bond motifs is 1. The van der Waals surface area contributed by atoms with E-state index in [1.165, 1.54) is 43.2 Å². The normalized spacial score (nSPS) is 14.6. The van der Waals surface area contributed by atoms with Crippen molar-refractivity contribution in [3.05, 3.63) is 47.7 Å². The summed E-state index contributed by atoms with van der Waals surface area (Å²) in [6.07, 6.45) is 4.58. The second kappa shape index (κ2) is 8.64. The van der Waals surface area contributed by atoms with Gasteiger partial charge in [-0.3, -0.25) is 0 Å². The highest BCUT2D eigenvalue weighted by atomic mass is 32.1. The van der Waals surface area contributed by atoms with E-state index in [0.29, 0.717) is 28.7 Å². The van der Waals surface area contributed by atoms with Crippen molar-refractivity contribution in [2.45, 2.75) is 37.9 Å². The van der Waals surface area contributed by atoms with Gasteiger partial charge in [-0.15, -0.1) is 11.3 Å². The van der Waals surface area contributed by atoms with E-state index in [1.807, 2.05) is 17.5 Å². The Bertz CT molecular complexity index is 1160. The van der Waals surface area contributed by atoms with E-state index in [0.717, 1.165) is 10.6 Å². The lowest BCUT2D eigenvalue weighted by atomic mass is 10.0. The quantitative estimate of drug-likeness (QED) is 0.391. The van der Waals surface area contributed by atoms with E-state index in [4.69, 9.17) is 11.5 Å². The third-order valence-electron chi connectivity index (χ3n) is 5.13. The Hall–Kier alpha value is -2.98. The number of nitrogens with two attached hydrogens (primary N) is 2. The zero-order chi connectivity index (χ0) is 22.0. The second-order valence-corrected chi connectivity index (χ2v) is 8.23. The van der Waals surface area contributed by atoms with Crippen LogP contribution in [0, 0.1) is 0 Å². The Kier molecular flexibility index (Phi) is 5.92. The number of halogens is 3. The lowest BCUT2D eigenvalue weighted by molar-refractivity contribution is -0.137. The number of aromatic nitrogens is 4. The van der Waals surface area contributed by atoms with E-state index < -0.39 is 11.7 Å². The highest BCUT2D eigenvalue weighted by molar-refractivity contribution is 7.13. The molecule has 1 fully saturated rings. The minimum atomic E-state index is -4.58. The van der Waals surface area contributed by atoms with Gasteiger partial charge in [0.05, 0.1) is 5.69 Å². The summed E-state index contributed by atoms with van der Waals surface area (Å²) in [6, 6.07) is 5.95. The summed E-state index contributed by atoms with van der Waals surface area (Å²) in [6.45, 7) is 0. The smallest absolute Gasteiger partial charge is 0.368 e. The molecule has 0 radical (unpaired) electrons. The molecule has 3 aromatic heterocycles. The van der Waals surface area contributed by atoms with Crippen LogP contribution in [0.1, 0.15) is 31.2 Å². The second-order valence-electron chi connectivity index (χ2n) is 7.33. The standard InChI is InChI=1S/C16H10F3N5S.C5H11N/c17-16(18,19)11-7-23-15(20)24-13(11)10-6-22-12-5-8(1-2-9(10)12)14-21-3-4-25-14;6-5-3-1-2-4-5/h1-7,22H,(H2,20,23,24);5H,1-4,6H2. The molecule has 1 aliphatic carbocycles. The molecule has 3 heterocycles. The SMILES string of the molecule is NC1CCCC1.Nc1ncc(C(F)(F)F)c(-c2c[nH]c3cc(-c4nccs4)ccc23)n1. The van der Waals surface area contributed by atoms with Gasteiger partial charge in [-0.25, -0.2) is 15.0 Å². The van der Waals surface area contributed by atoms with Crippen molar-refractivity contribution in [2.75, 3.05) is 5.73 Å². The Labute approximate surface area is 180 Å². The summed E-state index contributed by atoms with van der Waals surface area (Å²) in [5, 5.41) is 3.31. The molecule has 162 valence electrons. The number of anilines is 1. The van der Waals surface area contributed by atoms with Crippen molar-refractivity contribution in [1.29, 1.82) is 0 Å². The van der Waals surface area contributed by atoms with Crippen molar-refractivity contribution >= 4 is 28.2 Å². The molecular weight excluding hydrogens is 425 g/mol. The predicted molar refractivity (Wildman–Crippen MR) is 116 cm³/mol. The highest BCUT2D eigenvalue weighted by Crippen LogP contribution is 2.39. The maximum Gasteiger partial charge on any atom is 0.419 e. The molecule has 1 aromatic carbocycles. The number of H-pyrrole nitrogens is 1. The largest absolute Gasteiger partial charge is 0.419 e. The average Bonchev–Trinajstić information content (AvgIpc) is 3.48. The number of alkyl halides is 3. The van der Waals surface area contributed by atoms with Gasteiger partial charge in [0.1, 0.15) is 10.6 Å². The van der Waals surface area contributed by atoms with Crippen LogP contribution in [0.25, 0.3) is 32.7 Å². The number of rotatable bonds is 2. The maximum atomic E-state index is 13.3. The summed E-state index contributed by atoms with van der Waals surface area (Å²) in [4.78, 5) is 14.5. The van der Waals surface area contributed by atoms with Gasteiger partial charge in [0.25, 0.3) is 0 Å². The molecule has 0 amide bonds. The first-order valence-electron chi connectivity index (χ1n) is 9.79. The minimum absolute atomic E-state index is 0.211. The first-order chi connectivity index (χ1) is 14.8. The van der Waals surface area contributed by atoms with Crippen LogP contribution < -0.4 is 11.5 Å². The first-order valence-corrected chi connectivity index (χ1v) is 10.7. The molecule has 0 spiro atoms. The fourth-order valence-corrected chi connectivity index (χ4v) is 4.22. The number of thiazole rings is 1. The molecule has 10 heteroatoms. The number of nitrogen functional groups attached to an aromatic ring is 1. The third kappa shape index (κ3) is 4.70. The molecule has 4 aromatic rings. The van der Waals surface area contributed by atoms with E-state index in [9.17, 15) is 13.2 Å². The van der Waals surface area contributed by atoms with Crippen molar-refractivity contribution in [1.82, 2.24) is 19.9 Å². The summed E-state index contributed by atoms with van der Waals surface area (Å²) in [5.74, 6) is -0.211. The van der Waals surface area contributed by atoms with Gasteiger partial charge in [0.2, 0.25) is 5.95 Å². The van der Waals surface area contributed by atoms with E-state index in [1.54, 1.807) is 12.3 Å². The number of benzene rings is 1. The molecule has 5 N–H and O–H groups in total. The van der Waals surface area contributed by atoms with Crippen molar-refractivity contribution < 1.29 is 13.2 Å². The summed E-state index contributed by atoms with van der Waals surface area (Å²) in [7, 11) is 0. The van der Waals surface area contributed by atoms with Gasteiger partial charge in [-0.1, -0.05) is 25.0 Å². The zero-order valence-electron chi connectivity index (χ0n) is 16.5. The first kappa shape index (κ1) is 21.3. The highest BCUT2D eigenvalue weighted by Gasteiger charge is 2.36. The molecule has 0 bridgehead atoms. The van der Waals surface area contributed by atoms with Crippen LogP contribution in [-0.4, -0.2) is 26.0 Å². The van der Waals surface area contributed by atoms with Crippen LogP contribution in [0.3, 0.4) is 0 Å². The number of aromatic amines is 1. The van der Waals surface area contributed by atoms with Crippen LogP contribution in [-0.2, 0) is 6.18 Å². The van der Waals surface area contributed by atoms with Crippen LogP contribution >= 0.6 is 11.3 Å². The van der Waals surface area contributed by atoms with Crippen LogP contribution in [0.15, 0.2) is 42.2 Å². The number of nitrogens with zero attached hydrogens (tertiary/aromatic N) is 3. The van der Waals surface area contributed by atoms with E-state index in [2.05, 4.69) is 19.9 Å². The molecule has 0 aliphatic heterocycles. The maximum absolute atomic E-state index is 13.3. The monoisotopic (exact) mass is 446 g/mol. The van der Waals surface area contributed by atoms with Gasteiger partial charge in [-0.2, -0.15) is 13.2 Å². The summed E-state index contributed by atoms with van der Waals surface area (Å²) >= 11 is 1.48. The number of hydrogen-bond donors (Lipinski definition) is 3. The fourth-order valence-electron chi connectivity index (χ4n) is 3.59. The van der Waals surface area contributed by atoms with Crippen LogP contribution in [0.4, 0.5) is 19.1 Å². The molecule has 0 unspecified atom stereocenters. The lowest BCUT2D eigenvalue weighted by Crippen LogP contribution is -2.13. The number of hydrogen-bond acceptors (Lipinski definition) is 6. The van der Waals surface area contributed by atoms with Gasteiger partial charge in [0, 0.05) is 52.0 Å². The molecule has 0 atom stereocenters. The summed E-state index contributed by atoms with van der Waals surface area (Å²) in [5.41, 5.74) is 11.8. The molecular formula is C21H21F3N6S. The topological polar surface area (TPSA) is 106 Å². The van der Waals surface area contributed by atoms with Gasteiger partial charge >= 0.3 is 6.18 Å². The average molecular weight is 447 g/mol.